The van der Waals surface area contributed by atoms with Crippen LogP contribution in [-0.2, 0) is 14.4 Å². The van der Waals surface area contributed by atoms with Crippen LogP contribution >= 0.6 is 43.5 Å². The number of barbiturate groups is 1. The van der Waals surface area contributed by atoms with E-state index in [2.05, 4.69) is 42.5 Å². The van der Waals surface area contributed by atoms with Gasteiger partial charge in [-0.15, -0.1) is 0 Å². The molecule has 2 N–H and O–H groups in total. The Hall–Kier alpha value is -4.07. The molecule has 3 aromatic rings. The van der Waals surface area contributed by atoms with Crippen molar-refractivity contribution in [3.63, 3.8) is 0 Å². The fourth-order valence-corrected chi connectivity index (χ4v) is 5.22. The Kier molecular flexibility index (Phi) is 8.67. The third-order valence-corrected chi connectivity index (χ3v) is 7.14. The number of ether oxygens (including phenoxy) is 1. The number of nitrogens with zero attached hydrogens (tertiary/aromatic N) is 2. The summed E-state index contributed by atoms with van der Waals surface area (Å²) in [4.78, 5) is 61.4. The average molecular weight is 693 g/mol. The van der Waals surface area contributed by atoms with Gasteiger partial charge in [0.15, 0.2) is 6.61 Å². The maximum atomic E-state index is 13.1. The van der Waals surface area contributed by atoms with Crippen LogP contribution in [-0.4, -0.2) is 35.3 Å². The topological polar surface area (TPSA) is 148 Å². The van der Waals surface area contributed by atoms with Gasteiger partial charge < -0.3 is 10.1 Å². The molecule has 0 unspecified atom stereocenters. The van der Waals surface area contributed by atoms with E-state index in [9.17, 15) is 29.3 Å². The number of amides is 5. The second-order valence-corrected chi connectivity index (χ2v) is 10.5. The number of non-ortho nitro benzene ring substituents is 1. The van der Waals surface area contributed by atoms with E-state index in [1.54, 1.807) is 30.3 Å². The lowest BCUT2D eigenvalue weighted by molar-refractivity contribution is -0.384. The summed E-state index contributed by atoms with van der Waals surface area (Å²) in [5, 5.41) is 16.2. The van der Waals surface area contributed by atoms with Crippen molar-refractivity contribution in [1.29, 1.82) is 0 Å². The fourth-order valence-electron chi connectivity index (χ4n) is 3.59. The van der Waals surface area contributed by atoms with E-state index in [0.29, 0.717) is 35.9 Å². The van der Waals surface area contributed by atoms with E-state index in [1.807, 2.05) is 6.92 Å². The number of nitrogens with one attached hydrogen (secondary N) is 2. The number of nitro benzene ring substituents is 1. The van der Waals surface area contributed by atoms with Gasteiger partial charge in [0.2, 0.25) is 0 Å². The van der Waals surface area contributed by atoms with Crippen molar-refractivity contribution in [2.45, 2.75) is 6.92 Å². The molecule has 0 bridgehead atoms. The molecule has 40 heavy (non-hydrogen) atoms. The highest BCUT2D eigenvalue weighted by molar-refractivity contribution is 9.11. The molecule has 1 aliphatic heterocycles. The van der Waals surface area contributed by atoms with E-state index < -0.39 is 28.7 Å². The van der Waals surface area contributed by atoms with E-state index in [-0.39, 0.29) is 23.6 Å². The number of nitro groups is 1. The van der Waals surface area contributed by atoms with Gasteiger partial charge in [-0.1, -0.05) is 17.7 Å². The lowest BCUT2D eigenvalue weighted by Crippen LogP contribution is -2.54. The maximum Gasteiger partial charge on any atom is 0.335 e. The third kappa shape index (κ3) is 6.38. The van der Waals surface area contributed by atoms with Crippen LogP contribution in [0.4, 0.5) is 21.9 Å². The first-order valence-corrected chi connectivity index (χ1v) is 13.2. The van der Waals surface area contributed by atoms with Crippen molar-refractivity contribution in [2.75, 3.05) is 16.8 Å². The van der Waals surface area contributed by atoms with Crippen LogP contribution in [0.25, 0.3) is 6.08 Å². The summed E-state index contributed by atoms with van der Waals surface area (Å²) >= 11 is 12.8. The van der Waals surface area contributed by atoms with Crippen LogP contribution in [0, 0.1) is 17.0 Å². The maximum absolute atomic E-state index is 13.1. The van der Waals surface area contributed by atoms with Gasteiger partial charge in [0.05, 0.1) is 19.6 Å². The Morgan fingerprint density at radius 2 is 1.75 bits per heavy atom. The predicted molar refractivity (Wildman–Crippen MR) is 154 cm³/mol. The molecule has 4 rings (SSSR count). The molecule has 11 nitrogen and oxygen atoms in total. The molecule has 0 atom stereocenters. The fraction of sp³-hybridized carbons (Fsp3) is 0.0769. The number of imide groups is 2. The number of anilines is 2. The van der Waals surface area contributed by atoms with Gasteiger partial charge in [-0.2, -0.15) is 0 Å². The van der Waals surface area contributed by atoms with E-state index in [0.717, 1.165) is 17.7 Å². The third-order valence-electron chi connectivity index (χ3n) is 5.56. The molecular weight excluding hydrogens is 676 g/mol. The van der Waals surface area contributed by atoms with Gasteiger partial charge >= 0.3 is 6.03 Å². The van der Waals surface area contributed by atoms with Gasteiger partial charge in [0, 0.05) is 22.8 Å². The first-order valence-electron chi connectivity index (χ1n) is 11.3. The number of hydrogen-bond donors (Lipinski definition) is 2. The van der Waals surface area contributed by atoms with E-state index in [1.165, 1.54) is 18.2 Å². The number of aryl methyl sites for hydroxylation is 1. The zero-order valence-corrected chi connectivity index (χ0v) is 24.3. The summed E-state index contributed by atoms with van der Waals surface area (Å²) in [7, 11) is 0. The molecule has 1 saturated heterocycles. The molecule has 204 valence electrons. The molecule has 0 saturated carbocycles. The summed E-state index contributed by atoms with van der Waals surface area (Å²) in [6.07, 6.45) is 1.27. The quantitative estimate of drug-likeness (QED) is 0.138. The van der Waals surface area contributed by atoms with Gasteiger partial charge in [0.25, 0.3) is 23.4 Å². The molecular formula is C26H17Br2ClN4O7. The summed E-state index contributed by atoms with van der Waals surface area (Å²) in [6, 6.07) is 12.0. The second-order valence-electron chi connectivity index (χ2n) is 8.35. The smallest absolute Gasteiger partial charge is 0.335 e. The lowest BCUT2D eigenvalue weighted by atomic mass is 10.1. The van der Waals surface area contributed by atoms with Crippen LogP contribution in [0.2, 0.25) is 5.02 Å². The molecule has 0 radical (unpaired) electrons. The molecule has 5 amide bonds. The number of carbonyl (C=O) groups excluding carboxylic acids is 4. The largest absolute Gasteiger partial charge is 0.481 e. The molecule has 0 aromatic heterocycles. The highest BCUT2D eigenvalue weighted by Crippen LogP contribution is 2.36. The first kappa shape index (κ1) is 28.9. The highest BCUT2D eigenvalue weighted by atomic mass is 79.9. The Morgan fingerprint density at radius 3 is 2.35 bits per heavy atom. The molecule has 1 fully saturated rings. The standard InChI is InChI=1S/C26H17Br2ClN4O7/c1-13-2-3-15(11-21(13)29)30-22(34)12-40-23-19(27)9-14(10-20(23)28)8-18-24(35)31-26(37)32(25(18)36)16-4-6-17(7-5-16)33(38)39/h2-11H,12H2,1H3,(H,30,34)(H,31,35,37)/b18-8-. The number of halogens is 3. The Morgan fingerprint density at radius 1 is 1.10 bits per heavy atom. The summed E-state index contributed by atoms with van der Waals surface area (Å²) in [5.41, 5.74) is 1.25. The van der Waals surface area contributed by atoms with Crippen LogP contribution in [0.1, 0.15) is 11.1 Å². The zero-order valence-electron chi connectivity index (χ0n) is 20.4. The van der Waals surface area contributed by atoms with Crippen molar-refractivity contribution < 1.29 is 28.8 Å². The van der Waals surface area contributed by atoms with Crippen molar-refractivity contribution in [1.82, 2.24) is 5.32 Å². The Labute approximate surface area is 248 Å². The van der Waals surface area contributed by atoms with Gasteiger partial charge in [-0.25, -0.2) is 9.69 Å². The zero-order chi connectivity index (χ0) is 29.1. The molecule has 3 aromatic carbocycles. The van der Waals surface area contributed by atoms with Crippen LogP contribution in [0.3, 0.4) is 0 Å². The minimum atomic E-state index is -0.988. The van der Waals surface area contributed by atoms with Gasteiger partial charge in [-0.05, 0) is 92.4 Å². The minimum Gasteiger partial charge on any atom is -0.481 e. The van der Waals surface area contributed by atoms with Crippen molar-refractivity contribution in [2.24, 2.45) is 0 Å². The molecule has 0 aliphatic carbocycles. The molecule has 14 heteroatoms. The predicted octanol–water partition coefficient (Wildman–Crippen LogP) is 5.77. The molecule has 1 aliphatic rings. The van der Waals surface area contributed by atoms with E-state index in [4.69, 9.17) is 16.3 Å². The number of hydrogen-bond acceptors (Lipinski definition) is 7. The normalized spacial score (nSPS) is 14.2. The van der Waals surface area contributed by atoms with Crippen molar-refractivity contribution in [3.05, 3.63) is 95.4 Å². The minimum absolute atomic E-state index is 0.0452. The van der Waals surface area contributed by atoms with Crippen molar-refractivity contribution >= 4 is 90.4 Å². The van der Waals surface area contributed by atoms with E-state index >= 15 is 0 Å². The Bertz CT molecular complexity index is 1590. The monoisotopic (exact) mass is 690 g/mol. The first-order chi connectivity index (χ1) is 18.9. The number of benzene rings is 3. The van der Waals surface area contributed by atoms with Crippen LogP contribution < -0.4 is 20.3 Å². The molecule has 0 spiro atoms. The molecule has 1 heterocycles. The van der Waals surface area contributed by atoms with Crippen molar-refractivity contribution in [3.8, 4) is 5.75 Å². The average Bonchev–Trinajstić information content (AvgIpc) is 2.88. The second kappa shape index (κ2) is 12.0. The lowest BCUT2D eigenvalue weighted by Gasteiger charge is -2.26. The highest BCUT2D eigenvalue weighted by Gasteiger charge is 2.37. The number of rotatable bonds is 7. The van der Waals surface area contributed by atoms with Gasteiger partial charge in [0.1, 0.15) is 11.3 Å². The van der Waals surface area contributed by atoms with Crippen LogP contribution in [0.15, 0.2) is 69.1 Å². The SMILES string of the molecule is Cc1ccc(NC(=O)COc2c(Br)cc(/C=C3/C(=O)NC(=O)N(c4ccc([N+](=O)[O-])cc4)C3=O)cc2Br)cc1Cl. The number of carbonyl (C=O) groups is 4. The Balaban J connectivity index is 1.51. The summed E-state index contributed by atoms with van der Waals surface area (Å²) in [5.74, 6) is -1.96. The summed E-state index contributed by atoms with van der Waals surface area (Å²) < 4.78 is 6.47. The summed E-state index contributed by atoms with van der Waals surface area (Å²) in [6.45, 7) is 1.52. The number of urea groups is 1. The van der Waals surface area contributed by atoms with Gasteiger partial charge in [-0.3, -0.25) is 29.8 Å². The van der Waals surface area contributed by atoms with Crippen LogP contribution in [0.5, 0.6) is 5.75 Å².